The van der Waals surface area contributed by atoms with Crippen LogP contribution in [0.3, 0.4) is 0 Å². The van der Waals surface area contributed by atoms with Gasteiger partial charge in [-0.2, -0.15) is 0 Å². The van der Waals surface area contributed by atoms with Crippen LogP contribution in [0.2, 0.25) is 0 Å². The van der Waals surface area contributed by atoms with Crippen molar-refractivity contribution in [2.75, 3.05) is 27.9 Å². The van der Waals surface area contributed by atoms with Gasteiger partial charge in [0, 0.05) is 11.1 Å². The molecule has 0 aliphatic carbocycles. The number of hydrogen-bond acceptors (Lipinski definition) is 7. The van der Waals surface area contributed by atoms with Crippen LogP contribution in [0.5, 0.6) is 28.7 Å². The third-order valence-corrected chi connectivity index (χ3v) is 4.88. The molecule has 176 valence electrons. The molecule has 0 radical (unpaired) electrons. The molecule has 3 rings (SSSR count). The summed E-state index contributed by atoms with van der Waals surface area (Å²) in [7, 11) is 4.41. The first-order valence-corrected chi connectivity index (χ1v) is 10.6. The molecule has 3 aromatic carbocycles. The third-order valence-electron chi connectivity index (χ3n) is 4.88. The average Bonchev–Trinajstić information content (AvgIpc) is 2.87. The van der Waals surface area contributed by atoms with Gasteiger partial charge in [-0.1, -0.05) is 18.2 Å². The van der Waals surface area contributed by atoms with Crippen LogP contribution in [0.25, 0.3) is 6.08 Å². The van der Waals surface area contributed by atoms with Crippen LogP contribution >= 0.6 is 0 Å². The molecule has 3 aromatic rings. The van der Waals surface area contributed by atoms with Crippen molar-refractivity contribution in [2.45, 2.75) is 6.92 Å². The van der Waals surface area contributed by atoms with Gasteiger partial charge in [-0.05, 0) is 61.5 Å². The summed E-state index contributed by atoms with van der Waals surface area (Å²) in [5.41, 5.74) is 1.50. The first-order chi connectivity index (χ1) is 16.5. The second-order valence-corrected chi connectivity index (χ2v) is 7.00. The third kappa shape index (κ3) is 5.75. The van der Waals surface area contributed by atoms with E-state index in [1.807, 2.05) is 31.2 Å². The minimum atomic E-state index is -0.606. The van der Waals surface area contributed by atoms with Crippen LogP contribution in [0, 0.1) is 0 Å². The van der Waals surface area contributed by atoms with Gasteiger partial charge in [0.2, 0.25) is 5.75 Å². The molecule has 0 spiro atoms. The van der Waals surface area contributed by atoms with Crippen LogP contribution in [0.4, 0.5) is 0 Å². The summed E-state index contributed by atoms with van der Waals surface area (Å²) in [5.74, 6) is 1.27. The molecule has 0 aromatic heterocycles. The molecule has 0 bridgehead atoms. The SMILES string of the molecule is CCOc1ccccc1C=CC(=O)c1ccc(OC(=O)c2cc(OC)c(OC)c(OC)c2)cc1. The van der Waals surface area contributed by atoms with Crippen LogP contribution < -0.4 is 23.7 Å². The van der Waals surface area contributed by atoms with Gasteiger partial charge >= 0.3 is 5.97 Å². The maximum Gasteiger partial charge on any atom is 0.343 e. The minimum Gasteiger partial charge on any atom is -0.493 e. The summed E-state index contributed by atoms with van der Waals surface area (Å²) < 4.78 is 26.8. The van der Waals surface area contributed by atoms with Crippen LogP contribution in [0.15, 0.2) is 66.7 Å². The van der Waals surface area contributed by atoms with Gasteiger partial charge < -0.3 is 23.7 Å². The lowest BCUT2D eigenvalue weighted by Crippen LogP contribution is -2.10. The Bertz CT molecular complexity index is 1150. The molecule has 0 amide bonds. The maximum absolute atomic E-state index is 12.6. The molecule has 0 N–H and O–H groups in total. The molecule has 34 heavy (non-hydrogen) atoms. The summed E-state index contributed by atoms with van der Waals surface area (Å²) in [6.45, 7) is 2.44. The molecule has 0 aliphatic heterocycles. The normalized spacial score (nSPS) is 10.6. The molecule has 0 fully saturated rings. The molecule has 0 saturated carbocycles. The Balaban J connectivity index is 1.71. The van der Waals surface area contributed by atoms with Crippen molar-refractivity contribution in [1.82, 2.24) is 0 Å². The Hall–Kier alpha value is -4.26. The number of ketones is 1. The zero-order chi connectivity index (χ0) is 24.5. The summed E-state index contributed by atoms with van der Waals surface area (Å²) in [6.07, 6.45) is 3.19. The lowest BCUT2D eigenvalue weighted by molar-refractivity contribution is 0.0733. The zero-order valence-electron chi connectivity index (χ0n) is 19.5. The molecule has 0 unspecified atom stereocenters. The Morgan fingerprint density at radius 1 is 0.794 bits per heavy atom. The molecular formula is C27H26O7. The molecular weight excluding hydrogens is 436 g/mol. The average molecular weight is 462 g/mol. The van der Waals surface area contributed by atoms with Crippen LogP contribution in [-0.4, -0.2) is 39.7 Å². The van der Waals surface area contributed by atoms with E-state index in [1.165, 1.54) is 39.5 Å². The van der Waals surface area contributed by atoms with E-state index in [0.717, 1.165) is 5.56 Å². The number of esters is 1. The lowest BCUT2D eigenvalue weighted by atomic mass is 10.1. The van der Waals surface area contributed by atoms with E-state index < -0.39 is 5.97 Å². The van der Waals surface area contributed by atoms with Crippen molar-refractivity contribution in [3.8, 4) is 28.7 Å². The number of carbonyl (C=O) groups is 2. The van der Waals surface area contributed by atoms with Crippen LogP contribution in [-0.2, 0) is 0 Å². The van der Waals surface area contributed by atoms with Gasteiger partial charge in [-0.3, -0.25) is 4.79 Å². The Labute approximate surface area is 198 Å². The minimum absolute atomic E-state index is 0.186. The quantitative estimate of drug-likeness (QED) is 0.177. The van der Waals surface area contributed by atoms with E-state index in [-0.39, 0.29) is 11.3 Å². The standard InChI is InChI=1S/C27H26O7/c1-5-33-23-9-7-6-8-19(23)12-15-22(28)18-10-13-21(14-11-18)34-27(29)20-16-24(30-2)26(32-4)25(17-20)31-3/h6-17H,5H2,1-4H3. The lowest BCUT2D eigenvalue weighted by Gasteiger charge is -2.13. The predicted octanol–water partition coefficient (Wildman–Crippen LogP) is 5.23. The number of allylic oxidation sites excluding steroid dienone is 1. The topological polar surface area (TPSA) is 80.3 Å². The van der Waals surface area contributed by atoms with Crippen LogP contribution in [0.1, 0.15) is 33.2 Å². The number of benzene rings is 3. The number of rotatable bonds is 10. The van der Waals surface area contributed by atoms with E-state index in [4.69, 9.17) is 23.7 Å². The molecule has 0 heterocycles. The van der Waals surface area contributed by atoms with Gasteiger partial charge in [0.15, 0.2) is 17.3 Å². The second kappa shape index (κ2) is 11.6. The fraction of sp³-hybridized carbons (Fsp3) is 0.185. The van der Waals surface area contributed by atoms with Crippen molar-refractivity contribution >= 4 is 17.8 Å². The molecule has 0 saturated heterocycles. The molecule has 7 heteroatoms. The second-order valence-electron chi connectivity index (χ2n) is 7.00. The van der Waals surface area contributed by atoms with Gasteiger partial charge in [-0.15, -0.1) is 0 Å². The largest absolute Gasteiger partial charge is 0.493 e. The van der Waals surface area contributed by atoms with E-state index in [2.05, 4.69) is 0 Å². The number of methoxy groups -OCH3 is 3. The van der Waals surface area contributed by atoms with E-state index in [1.54, 1.807) is 30.3 Å². The van der Waals surface area contributed by atoms with Crippen molar-refractivity contribution < 1.29 is 33.3 Å². The van der Waals surface area contributed by atoms with Crippen molar-refractivity contribution in [2.24, 2.45) is 0 Å². The highest BCUT2D eigenvalue weighted by Crippen LogP contribution is 2.38. The van der Waals surface area contributed by atoms with E-state index in [9.17, 15) is 9.59 Å². The highest BCUT2D eigenvalue weighted by molar-refractivity contribution is 6.07. The Morgan fingerprint density at radius 2 is 1.44 bits per heavy atom. The number of ether oxygens (including phenoxy) is 5. The zero-order valence-corrected chi connectivity index (χ0v) is 19.5. The van der Waals surface area contributed by atoms with Crippen molar-refractivity contribution in [1.29, 1.82) is 0 Å². The summed E-state index contributed by atoms with van der Waals surface area (Å²) in [6, 6.07) is 16.8. The summed E-state index contributed by atoms with van der Waals surface area (Å²) in [5, 5.41) is 0. The Kier molecular flexibility index (Phi) is 8.29. The molecule has 7 nitrogen and oxygen atoms in total. The van der Waals surface area contributed by atoms with Crippen molar-refractivity contribution in [3.63, 3.8) is 0 Å². The van der Waals surface area contributed by atoms with Crippen molar-refractivity contribution in [3.05, 3.63) is 83.4 Å². The smallest absolute Gasteiger partial charge is 0.343 e. The van der Waals surface area contributed by atoms with E-state index >= 15 is 0 Å². The molecule has 0 atom stereocenters. The van der Waals surface area contributed by atoms with Gasteiger partial charge in [-0.25, -0.2) is 4.79 Å². The van der Waals surface area contributed by atoms with Gasteiger partial charge in [0.25, 0.3) is 0 Å². The number of para-hydroxylation sites is 1. The van der Waals surface area contributed by atoms with E-state index in [0.29, 0.717) is 40.9 Å². The first-order valence-electron chi connectivity index (χ1n) is 10.6. The summed E-state index contributed by atoms with van der Waals surface area (Å²) >= 11 is 0. The number of carbonyl (C=O) groups excluding carboxylic acids is 2. The highest BCUT2D eigenvalue weighted by atomic mass is 16.5. The monoisotopic (exact) mass is 462 g/mol. The first kappa shape index (κ1) is 24.4. The van der Waals surface area contributed by atoms with Gasteiger partial charge in [0.1, 0.15) is 11.5 Å². The van der Waals surface area contributed by atoms with Gasteiger partial charge in [0.05, 0.1) is 33.5 Å². The molecule has 0 aliphatic rings. The predicted molar refractivity (Wildman–Crippen MR) is 128 cm³/mol. The summed E-state index contributed by atoms with van der Waals surface area (Å²) in [4.78, 5) is 25.2. The number of hydrogen-bond donors (Lipinski definition) is 0. The fourth-order valence-corrected chi connectivity index (χ4v) is 3.22. The Morgan fingerprint density at radius 3 is 2.03 bits per heavy atom. The fourth-order valence-electron chi connectivity index (χ4n) is 3.22. The highest BCUT2D eigenvalue weighted by Gasteiger charge is 2.18. The maximum atomic E-state index is 12.6.